The average molecular weight is 235 g/mol. The minimum absolute atomic E-state index is 0.387. The van der Waals surface area contributed by atoms with Crippen molar-refractivity contribution in [2.24, 2.45) is 0 Å². The molecule has 2 aliphatic heterocycles. The highest BCUT2D eigenvalue weighted by atomic mass is 16.5. The number of hydrogen-bond acceptors (Lipinski definition) is 3. The fraction of sp³-hybridized carbons (Fsp3) is 0.769. The van der Waals surface area contributed by atoms with Gasteiger partial charge < -0.3 is 14.6 Å². The van der Waals surface area contributed by atoms with Gasteiger partial charge in [-0.05, 0) is 38.6 Å². The number of hydrogen-bond donors (Lipinski definition) is 1. The van der Waals surface area contributed by atoms with Crippen molar-refractivity contribution in [2.45, 2.75) is 50.8 Å². The summed E-state index contributed by atoms with van der Waals surface area (Å²) in [5, 5.41) is 3.53. The molecule has 1 N–H and O–H groups in total. The molecule has 0 spiro atoms. The normalized spacial score (nSPS) is 29.6. The molecule has 2 atom stereocenters. The maximum absolute atomic E-state index is 5.80. The van der Waals surface area contributed by atoms with Gasteiger partial charge in [-0.15, -0.1) is 0 Å². The minimum Gasteiger partial charge on any atom is -0.376 e. The second-order valence-corrected chi connectivity index (χ2v) is 5.11. The van der Waals surface area contributed by atoms with Crippen molar-refractivity contribution in [1.29, 1.82) is 0 Å². The molecule has 2 saturated heterocycles. The van der Waals surface area contributed by atoms with E-state index >= 15 is 0 Å². The monoisotopic (exact) mass is 235 g/mol. The Morgan fingerprint density at radius 3 is 3.12 bits per heavy atom. The lowest BCUT2D eigenvalue weighted by atomic mass is 10.1. The van der Waals surface area contributed by atoms with Crippen LogP contribution in [0, 0.1) is 0 Å². The Morgan fingerprint density at radius 1 is 1.35 bits per heavy atom. The second-order valence-electron chi connectivity index (χ2n) is 5.11. The van der Waals surface area contributed by atoms with Gasteiger partial charge in [0.1, 0.15) is 0 Å². The van der Waals surface area contributed by atoms with E-state index in [2.05, 4.69) is 14.9 Å². The molecule has 0 bridgehead atoms. The van der Waals surface area contributed by atoms with Gasteiger partial charge >= 0.3 is 0 Å². The van der Waals surface area contributed by atoms with Gasteiger partial charge in [0.05, 0.1) is 24.7 Å². The number of nitrogens with zero attached hydrogens (tertiary/aromatic N) is 2. The molecule has 0 aliphatic carbocycles. The lowest BCUT2D eigenvalue weighted by Gasteiger charge is -2.24. The Morgan fingerprint density at radius 2 is 2.35 bits per heavy atom. The predicted molar refractivity (Wildman–Crippen MR) is 65.8 cm³/mol. The van der Waals surface area contributed by atoms with E-state index in [1.165, 1.54) is 37.8 Å². The first-order chi connectivity index (χ1) is 8.43. The van der Waals surface area contributed by atoms with Gasteiger partial charge in [0.2, 0.25) is 0 Å². The maximum atomic E-state index is 5.80. The maximum Gasteiger partial charge on any atom is 0.0949 e. The topological polar surface area (TPSA) is 39.1 Å². The minimum atomic E-state index is 0.387. The van der Waals surface area contributed by atoms with Crippen molar-refractivity contribution in [1.82, 2.24) is 14.9 Å². The Labute approximate surface area is 102 Å². The van der Waals surface area contributed by atoms with Gasteiger partial charge in [0.25, 0.3) is 0 Å². The Kier molecular flexibility index (Phi) is 3.43. The standard InChI is InChI=1S/C13H21N3O/c1-2-7-17-11(4-1)9-16-10-14-8-13(16)12-5-3-6-15-12/h8,10-12,15H,1-7,9H2/t11?,12-/m0/s1. The first kappa shape index (κ1) is 11.2. The zero-order valence-corrected chi connectivity index (χ0v) is 10.3. The predicted octanol–water partition coefficient (Wildman–Crippen LogP) is 1.88. The first-order valence-corrected chi connectivity index (χ1v) is 6.78. The van der Waals surface area contributed by atoms with Gasteiger partial charge in [-0.2, -0.15) is 0 Å². The number of nitrogens with one attached hydrogen (secondary N) is 1. The number of rotatable bonds is 3. The zero-order valence-electron chi connectivity index (χ0n) is 10.3. The van der Waals surface area contributed by atoms with Crippen LogP contribution in [0.4, 0.5) is 0 Å². The van der Waals surface area contributed by atoms with Crippen LogP contribution < -0.4 is 5.32 Å². The lowest BCUT2D eigenvalue weighted by Crippen LogP contribution is -2.26. The fourth-order valence-corrected chi connectivity index (χ4v) is 2.88. The molecule has 3 heterocycles. The summed E-state index contributed by atoms with van der Waals surface area (Å²) in [6.45, 7) is 3.03. The Bertz CT molecular complexity index is 351. The molecule has 0 radical (unpaired) electrons. The highest BCUT2D eigenvalue weighted by Crippen LogP contribution is 2.24. The molecule has 3 rings (SSSR count). The summed E-state index contributed by atoms with van der Waals surface area (Å²) in [5.74, 6) is 0. The fourth-order valence-electron chi connectivity index (χ4n) is 2.88. The van der Waals surface area contributed by atoms with Crippen LogP contribution in [0.15, 0.2) is 12.5 Å². The molecule has 1 unspecified atom stereocenters. The van der Waals surface area contributed by atoms with Crippen molar-refractivity contribution >= 4 is 0 Å². The summed E-state index contributed by atoms with van der Waals surface area (Å²) in [6.07, 6.45) is 10.6. The molecule has 2 fully saturated rings. The van der Waals surface area contributed by atoms with Gasteiger partial charge in [-0.25, -0.2) is 4.98 Å². The summed E-state index contributed by atoms with van der Waals surface area (Å²) >= 11 is 0. The molecule has 1 aromatic heterocycles. The smallest absolute Gasteiger partial charge is 0.0949 e. The van der Waals surface area contributed by atoms with Gasteiger partial charge in [0, 0.05) is 18.8 Å². The van der Waals surface area contributed by atoms with Crippen molar-refractivity contribution in [3.8, 4) is 0 Å². The van der Waals surface area contributed by atoms with E-state index in [-0.39, 0.29) is 0 Å². The molecule has 2 aliphatic rings. The van der Waals surface area contributed by atoms with Gasteiger partial charge in [0.15, 0.2) is 0 Å². The molecule has 1 aromatic rings. The molecule has 4 nitrogen and oxygen atoms in total. The SMILES string of the molecule is c1ncn(CC2CCCCO2)c1[C@@H]1CCCN1. The summed E-state index contributed by atoms with van der Waals surface area (Å²) < 4.78 is 8.08. The third kappa shape index (κ3) is 2.53. The van der Waals surface area contributed by atoms with Gasteiger partial charge in [-0.3, -0.25) is 0 Å². The van der Waals surface area contributed by atoms with E-state index in [0.29, 0.717) is 12.1 Å². The molecule has 0 saturated carbocycles. The van der Waals surface area contributed by atoms with Crippen molar-refractivity contribution < 1.29 is 4.74 Å². The molecule has 17 heavy (non-hydrogen) atoms. The second kappa shape index (κ2) is 5.19. The van der Waals surface area contributed by atoms with Crippen LogP contribution in [0.25, 0.3) is 0 Å². The highest BCUT2D eigenvalue weighted by molar-refractivity contribution is 5.07. The molecular formula is C13H21N3O. The lowest BCUT2D eigenvalue weighted by molar-refractivity contribution is 0.00539. The number of aromatic nitrogens is 2. The van der Waals surface area contributed by atoms with Crippen LogP contribution >= 0.6 is 0 Å². The summed E-state index contributed by atoms with van der Waals surface area (Å²) in [5.41, 5.74) is 1.33. The summed E-state index contributed by atoms with van der Waals surface area (Å²) in [4.78, 5) is 4.30. The average Bonchev–Trinajstić information content (AvgIpc) is 3.00. The zero-order chi connectivity index (χ0) is 11.5. The van der Waals surface area contributed by atoms with Crippen LogP contribution in [-0.4, -0.2) is 28.8 Å². The van der Waals surface area contributed by atoms with Crippen molar-refractivity contribution in [2.75, 3.05) is 13.2 Å². The van der Waals surface area contributed by atoms with Crippen LogP contribution in [0.1, 0.15) is 43.8 Å². The van der Waals surface area contributed by atoms with Crippen molar-refractivity contribution in [3.63, 3.8) is 0 Å². The van der Waals surface area contributed by atoms with E-state index in [9.17, 15) is 0 Å². The quantitative estimate of drug-likeness (QED) is 0.869. The Hall–Kier alpha value is -0.870. The van der Waals surface area contributed by atoms with Crippen LogP contribution in [0.3, 0.4) is 0 Å². The molecule has 4 heteroatoms. The number of ether oxygens (including phenoxy) is 1. The van der Waals surface area contributed by atoms with E-state index in [1.807, 2.05) is 12.5 Å². The van der Waals surface area contributed by atoms with E-state index < -0.39 is 0 Å². The van der Waals surface area contributed by atoms with Crippen LogP contribution in [0.2, 0.25) is 0 Å². The largest absolute Gasteiger partial charge is 0.376 e. The van der Waals surface area contributed by atoms with Crippen LogP contribution in [0.5, 0.6) is 0 Å². The number of imidazole rings is 1. The highest BCUT2D eigenvalue weighted by Gasteiger charge is 2.22. The summed E-state index contributed by atoms with van der Waals surface area (Å²) in [7, 11) is 0. The summed E-state index contributed by atoms with van der Waals surface area (Å²) in [6, 6.07) is 0.501. The molecule has 94 valence electrons. The van der Waals surface area contributed by atoms with Gasteiger partial charge in [-0.1, -0.05) is 0 Å². The van der Waals surface area contributed by atoms with E-state index in [4.69, 9.17) is 4.74 Å². The molecule has 0 aromatic carbocycles. The third-order valence-electron chi connectivity index (χ3n) is 3.84. The van der Waals surface area contributed by atoms with E-state index in [1.54, 1.807) is 0 Å². The van der Waals surface area contributed by atoms with Crippen LogP contribution in [-0.2, 0) is 11.3 Å². The first-order valence-electron chi connectivity index (χ1n) is 6.78. The Balaban J connectivity index is 1.67. The van der Waals surface area contributed by atoms with Crippen molar-refractivity contribution in [3.05, 3.63) is 18.2 Å². The molecular weight excluding hydrogens is 214 g/mol. The molecule has 0 amide bonds. The third-order valence-corrected chi connectivity index (χ3v) is 3.84. The van der Waals surface area contributed by atoms with E-state index in [0.717, 1.165) is 19.7 Å².